The number of aliphatic hydroxyl groups excluding tert-OH is 1. The van der Waals surface area contributed by atoms with Crippen LogP contribution in [0.4, 0.5) is 0 Å². The number of carbonyl (C=O) groups excluding carboxylic acids is 2. The van der Waals surface area contributed by atoms with Crippen molar-refractivity contribution in [2.75, 3.05) is 34.0 Å². The normalized spacial score (nSPS) is 17.2. The molecule has 1 aliphatic heterocycles. The Morgan fingerprint density at radius 2 is 1.92 bits per heavy atom. The minimum absolute atomic E-state index is 0.00781. The van der Waals surface area contributed by atoms with Crippen molar-refractivity contribution < 1.29 is 28.9 Å². The van der Waals surface area contributed by atoms with Crippen molar-refractivity contribution in [3.8, 4) is 11.5 Å². The zero-order chi connectivity index (χ0) is 25.8. The summed E-state index contributed by atoms with van der Waals surface area (Å²) in [7, 11) is 3.06. The summed E-state index contributed by atoms with van der Waals surface area (Å²) >= 11 is 0. The van der Waals surface area contributed by atoms with Crippen LogP contribution in [0.3, 0.4) is 0 Å². The van der Waals surface area contributed by atoms with Gasteiger partial charge in [0.2, 0.25) is 0 Å². The number of likely N-dealkylation sites (tertiary alicyclic amines) is 1. The fourth-order valence-electron chi connectivity index (χ4n) is 4.47. The third-order valence-electron chi connectivity index (χ3n) is 6.26. The van der Waals surface area contributed by atoms with Crippen molar-refractivity contribution in [1.29, 1.82) is 0 Å². The van der Waals surface area contributed by atoms with Gasteiger partial charge >= 0.3 is 0 Å². The molecule has 1 atom stereocenters. The number of hydrogen-bond acceptors (Lipinski definition) is 7. The van der Waals surface area contributed by atoms with Crippen molar-refractivity contribution in [2.24, 2.45) is 0 Å². The second-order valence-electron chi connectivity index (χ2n) is 8.57. The predicted molar refractivity (Wildman–Crippen MR) is 134 cm³/mol. The molecule has 1 saturated heterocycles. The van der Waals surface area contributed by atoms with Crippen molar-refractivity contribution in [1.82, 2.24) is 14.3 Å². The van der Waals surface area contributed by atoms with Crippen molar-refractivity contribution in [2.45, 2.75) is 32.7 Å². The van der Waals surface area contributed by atoms with Crippen LogP contribution in [0.1, 0.15) is 42.8 Å². The van der Waals surface area contributed by atoms with Gasteiger partial charge in [0.15, 0.2) is 17.3 Å². The van der Waals surface area contributed by atoms with Crippen LogP contribution in [-0.2, 0) is 14.3 Å². The van der Waals surface area contributed by atoms with Crippen LogP contribution in [0.5, 0.6) is 11.5 Å². The van der Waals surface area contributed by atoms with E-state index in [0.717, 1.165) is 12.8 Å². The van der Waals surface area contributed by atoms with Crippen LogP contribution >= 0.6 is 0 Å². The number of carbonyl (C=O) groups is 2. The summed E-state index contributed by atoms with van der Waals surface area (Å²) in [4.78, 5) is 32.3. The number of aliphatic hydroxyl groups is 1. The molecule has 0 bridgehead atoms. The first kappa shape index (κ1) is 25.2. The molecule has 2 aromatic heterocycles. The van der Waals surface area contributed by atoms with E-state index in [1.54, 1.807) is 41.8 Å². The van der Waals surface area contributed by atoms with E-state index in [9.17, 15) is 14.7 Å². The number of unbranched alkanes of at least 4 members (excludes halogenated alkanes) is 1. The molecule has 36 heavy (non-hydrogen) atoms. The molecule has 0 saturated carbocycles. The lowest BCUT2D eigenvalue weighted by Gasteiger charge is -2.25. The molecule has 1 N–H and O–H groups in total. The van der Waals surface area contributed by atoms with Crippen molar-refractivity contribution >= 4 is 23.1 Å². The number of imidazole rings is 1. The largest absolute Gasteiger partial charge is 0.505 e. The number of methoxy groups -OCH3 is 2. The van der Waals surface area contributed by atoms with E-state index in [2.05, 4.69) is 11.9 Å². The maximum atomic E-state index is 13.3. The Morgan fingerprint density at radius 1 is 1.11 bits per heavy atom. The Morgan fingerprint density at radius 3 is 2.64 bits per heavy atom. The highest BCUT2D eigenvalue weighted by atomic mass is 16.5. The molecule has 9 heteroatoms. The maximum absolute atomic E-state index is 13.3. The summed E-state index contributed by atoms with van der Waals surface area (Å²) in [5.74, 6) is -0.696. The second kappa shape index (κ2) is 10.8. The molecule has 3 aromatic rings. The lowest BCUT2D eigenvalue weighted by atomic mass is 9.96. The van der Waals surface area contributed by atoms with Crippen molar-refractivity contribution in [3.63, 3.8) is 0 Å². The molecule has 4 rings (SSSR count). The lowest BCUT2D eigenvalue weighted by Crippen LogP contribution is -2.32. The van der Waals surface area contributed by atoms with Gasteiger partial charge < -0.3 is 24.2 Å². The highest BCUT2D eigenvalue weighted by molar-refractivity contribution is 6.46. The third kappa shape index (κ3) is 4.54. The fourth-order valence-corrected chi connectivity index (χ4v) is 4.47. The molecule has 1 aliphatic rings. The van der Waals surface area contributed by atoms with E-state index in [0.29, 0.717) is 40.7 Å². The number of pyridine rings is 1. The van der Waals surface area contributed by atoms with E-state index < -0.39 is 17.7 Å². The molecule has 0 radical (unpaired) electrons. The second-order valence-corrected chi connectivity index (χ2v) is 8.57. The van der Waals surface area contributed by atoms with Gasteiger partial charge in [0.1, 0.15) is 11.3 Å². The Kier molecular flexibility index (Phi) is 7.59. The van der Waals surface area contributed by atoms with Gasteiger partial charge in [0.25, 0.3) is 11.7 Å². The van der Waals surface area contributed by atoms with E-state index in [1.807, 2.05) is 12.1 Å². The van der Waals surface area contributed by atoms with Crippen LogP contribution in [0.15, 0.2) is 48.2 Å². The van der Waals surface area contributed by atoms with Gasteiger partial charge in [0, 0.05) is 19.9 Å². The highest BCUT2D eigenvalue weighted by Crippen LogP contribution is 2.42. The van der Waals surface area contributed by atoms with E-state index in [-0.39, 0.29) is 24.5 Å². The van der Waals surface area contributed by atoms with E-state index in [4.69, 9.17) is 14.2 Å². The summed E-state index contributed by atoms with van der Waals surface area (Å²) in [6, 6.07) is 9.90. The first-order chi connectivity index (χ1) is 17.4. The highest BCUT2D eigenvalue weighted by Gasteiger charge is 2.46. The minimum atomic E-state index is -0.840. The smallest absolute Gasteiger partial charge is 0.295 e. The summed E-state index contributed by atoms with van der Waals surface area (Å²) in [6.07, 6.45) is 3.66. The standard InChI is InChI=1S/C27H31N3O6/c1-5-6-14-36-19-11-10-18(16-20(19)35-4)24-22(26(32)27(33)30(24)13-15-34-3)25(31)23-17(2)28-21-9-7-8-12-29(21)23/h7-12,16,24,31H,5-6,13-15H2,1-4H3/b25-22+. The molecule has 1 aromatic carbocycles. The summed E-state index contributed by atoms with van der Waals surface area (Å²) in [5, 5.41) is 11.5. The molecule has 9 nitrogen and oxygen atoms in total. The number of ketones is 1. The Bertz CT molecular complexity index is 1310. The molecular formula is C27H31N3O6. The number of hydrogen-bond donors (Lipinski definition) is 1. The lowest BCUT2D eigenvalue weighted by molar-refractivity contribution is -0.140. The zero-order valence-electron chi connectivity index (χ0n) is 21.0. The first-order valence-electron chi connectivity index (χ1n) is 11.9. The summed E-state index contributed by atoms with van der Waals surface area (Å²) in [5.41, 5.74) is 2.13. The quantitative estimate of drug-likeness (QED) is 0.198. The van der Waals surface area contributed by atoms with Gasteiger partial charge in [-0.05, 0) is 43.2 Å². The van der Waals surface area contributed by atoms with Crippen LogP contribution in [-0.4, -0.2) is 65.1 Å². The molecule has 3 heterocycles. The van der Waals surface area contributed by atoms with Gasteiger partial charge in [-0.1, -0.05) is 25.5 Å². The van der Waals surface area contributed by atoms with E-state index >= 15 is 0 Å². The zero-order valence-corrected chi connectivity index (χ0v) is 21.0. The van der Waals surface area contributed by atoms with Gasteiger partial charge in [-0.25, -0.2) is 4.98 Å². The number of aromatic nitrogens is 2. The molecular weight excluding hydrogens is 462 g/mol. The number of benzene rings is 1. The number of Topliss-reactive ketones (excluding diaryl/α,β-unsaturated/α-hetero) is 1. The molecule has 0 spiro atoms. The topological polar surface area (TPSA) is 103 Å². The average molecular weight is 494 g/mol. The number of ether oxygens (including phenoxy) is 3. The van der Waals surface area contributed by atoms with Crippen LogP contribution in [0, 0.1) is 6.92 Å². The monoisotopic (exact) mass is 493 g/mol. The van der Waals surface area contributed by atoms with Crippen molar-refractivity contribution in [3.05, 3.63) is 65.1 Å². The van der Waals surface area contributed by atoms with Crippen LogP contribution < -0.4 is 9.47 Å². The SMILES string of the molecule is CCCCOc1ccc(C2/C(=C(\O)c3c(C)nc4ccccn34)C(=O)C(=O)N2CCOC)cc1OC. The Labute approximate surface area is 209 Å². The van der Waals surface area contributed by atoms with Crippen LogP contribution in [0.2, 0.25) is 0 Å². The Hall–Kier alpha value is -3.85. The van der Waals surface area contributed by atoms with Gasteiger partial charge in [-0.3, -0.25) is 14.0 Å². The van der Waals surface area contributed by atoms with Gasteiger partial charge in [-0.2, -0.15) is 0 Å². The number of amides is 1. The third-order valence-corrected chi connectivity index (χ3v) is 6.26. The fraction of sp³-hybridized carbons (Fsp3) is 0.370. The Balaban J connectivity index is 1.87. The first-order valence-corrected chi connectivity index (χ1v) is 11.9. The molecule has 1 unspecified atom stereocenters. The minimum Gasteiger partial charge on any atom is -0.505 e. The van der Waals surface area contributed by atoms with Gasteiger partial charge in [0.05, 0.1) is 37.6 Å². The van der Waals surface area contributed by atoms with Gasteiger partial charge in [-0.15, -0.1) is 0 Å². The predicted octanol–water partition coefficient (Wildman–Crippen LogP) is 3.90. The molecule has 1 amide bonds. The average Bonchev–Trinajstić information content (AvgIpc) is 3.35. The number of aryl methyl sites for hydroxylation is 1. The summed E-state index contributed by atoms with van der Waals surface area (Å²) in [6.45, 7) is 4.78. The number of rotatable bonds is 10. The number of fused-ring (bicyclic) bond motifs is 1. The summed E-state index contributed by atoms with van der Waals surface area (Å²) < 4.78 is 18.3. The van der Waals surface area contributed by atoms with Crippen LogP contribution in [0.25, 0.3) is 11.4 Å². The maximum Gasteiger partial charge on any atom is 0.295 e. The molecule has 1 fully saturated rings. The number of nitrogens with zero attached hydrogens (tertiary/aromatic N) is 3. The molecule has 190 valence electrons. The molecule has 0 aliphatic carbocycles. The van der Waals surface area contributed by atoms with E-state index in [1.165, 1.54) is 19.1 Å².